The molecule has 0 saturated carbocycles. The number of esters is 1. The number of rotatable bonds is 7. The minimum Gasteiger partial charge on any atom is -0.468 e. The molecule has 118 valence electrons. The first kappa shape index (κ1) is 17.9. The Kier molecular flexibility index (Phi) is 6.61. The molecule has 0 aliphatic heterocycles. The predicted molar refractivity (Wildman–Crippen MR) is 85.5 cm³/mol. The van der Waals surface area contributed by atoms with Gasteiger partial charge in [0, 0.05) is 16.6 Å². The summed E-state index contributed by atoms with van der Waals surface area (Å²) in [5, 5.41) is 4.16. The van der Waals surface area contributed by atoms with Crippen LogP contribution >= 0.6 is 11.8 Å². The van der Waals surface area contributed by atoms with E-state index in [1.807, 2.05) is 33.8 Å². The SMILES string of the molecule is CCNC(C)(CC(C)Sc1nc(C)cc(C)n1)C(=O)OC. The van der Waals surface area contributed by atoms with E-state index in [-0.39, 0.29) is 11.2 Å². The van der Waals surface area contributed by atoms with E-state index < -0.39 is 5.54 Å². The summed E-state index contributed by atoms with van der Waals surface area (Å²) in [5.74, 6) is -0.238. The molecule has 1 rings (SSSR count). The molecule has 1 N–H and O–H groups in total. The van der Waals surface area contributed by atoms with Gasteiger partial charge in [0.25, 0.3) is 0 Å². The smallest absolute Gasteiger partial charge is 0.325 e. The van der Waals surface area contributed by atoms with Crippen molar-refractivity contribution in [3.63, 3.8) is 0 Å². The van der Waals surface area contributed by atoms with Gasteiger partial charge in [-0.3, -0.25) is 4.79 Å². The van der Waals surface area contributed by atoms with E-state index in [1.54, 1.807) is 11.8 Å². The number of aryl methyl sites for hydroxylation is 2. The summed E-state index contributed by atoms with van der Waals surface area (Å²) in [5.41, 5.74) is 1.23. The first-order valence-electron chi connectivity index (χ1n) is 7.13. The Balaban J connectivity index is 2.78. The zero-order chi connectivity index (χ0) is 16.0. The van der Waals surface area contributed by atoms with Crippen LogP contribution in [0.4, 0.5) is 0 Å². The van der Waals surface area contributed by atoms with Crippen molar-refractivity contribution in [1.82, 2.24) is 15.3 Å². The Labute approximate surface area is 131 Å². The summed E-state index contributed by atoms with van der Waals surface area (Å²) < 4.78 is 4.92. The lowest BCUT2D eigenvalue weighted by Gasteiger charge is -2.29. The van der Waals surface area contributed by atoms with Crippen LogP contribution in [-0.4, -0.2) is 40.4 Å². The van der Waals surface area contributed by atoms with Gasteiger partial charge in [-0.2, -0.15) is 0 Å². The first-order chi connectivity index (χ1) is 9.80. The monoisotopic (exact) mass is 311 g/mol. The van der Waals surface area contributed by atoms with E-state index in [9.17, 15) is 4.79 Å². The van der Waals surface area contributed by atoms with E-state index in [4.69, 9.17) is 4.74 Å². The molecule has 0 saturated heterocycles. The van der Waals surface area contributed by atoms with Crippen molar-refractivity contribution in [2.45, 2.75) is 57.0 Å². The Morgan fingerprint density at radius 3 is 2.48 bits per heavy atom. The molecule has 0 aliphatic carbocycles. The Morgan fingerprint density at radius 1 is 1.43 bits per heavy atom. The maximum Gasteiger partial charge on any atom is 0.325 e. The summed E-state index contributed by atoms with van der Waals surface area (Å²) in [6.07, 6.45) is 0.647. The lowest BCUT2D eigenvalue weighted by Crippen LogP contribution is -2.51. The van der Waals surface area contributed by atoms with Crippen molar-refractivity contribution < 1.29 is 9.53 Å². The number of carbonyl (C=O) groups excluding carboxylic acids is 1. The Bertz CT molecular complexity index is 476. The number of aromatic nitrogens is 2. The number of ether oxygens (including phenoxy) is 1. The third kappa shape index (κ3) is 5.28. The second-order valence-corrected chi connectivity index (χ2v) is 6.83. The van der Waals surface area contributed by atoms with Crippen LogP contribution < -0.4 is 5.32 Å². The number of methoxy groups -OCH3 is 1. The summed E-state index contributed by atoms with van der Waals surface area (Å²) >= 11 is 1.58. The highest BCUT2D eigenvalue weighted by molar-refractivity contribution is 7.99. The van der Waals surface area contributed by atoms with Gasteiger partial charge in [0.05, 0.1) is 7.11 Å². The molecule has 0 aromatic carbocycles. The molecule has 2 atom stereocenters. The number of nitrogens with zero attached hydrogens (tertiary/aromatic N) is 2. The number of thioether (sulfide) groups is 1. The van der Waals surface area contributed by atoms with Crippen LogP contribution in [0.15, 0.2) is 11.2 Å². The lowest BCUT2D eigenvalue weighted by molar-refractivity contribution is -0.148. The second-order valence-electron chi connectivity index (χ2n) is 5.42. The molecule has 2 unspecified atom stereocenters. The van der Waals surface area contributed by atoms with Crippen LogP contribution in [0, 0.1) is 13.8 Å². The van der Waals surface area contributed by atoms with E-state index in [0.717, 1.165) is 16.5 Å². The van der Waals surface area contributed by atoms with E-state index in [2.05, 4.69) is 22.2 Å². The number of nitrogens with one attached hydrogen (secondary N) is 1. The van der Waals surface area contributed by atoms with Gasteiger partial charge < -0.3 is 10.1 Å². The van der Waals surface area contributed by atoms with Crippen LogP contribution in [0.25, 0.3) is 0 Å². The molecule has 6 heteroatoms. The Morgan fingerprint density at radius 2 is 2.00 bits per heavy atom. The predicted octanol–water partition coefficient (Wildman–Crippen LogP) is 2.51. The van der Waals surface area contributed by atoms with Crippen LogP contribution in [0.5, 0.6) is 0 Å². The molecule has 1 aromatic heterocycles. The largest absolute Gasteiger partial charge is 0.468 e. The molecule has 0 fully saturated rings. The summed E-state index contributed by atoms with van der Waals surface area (Å²) in [7, 11) is 1.42. The second kappa shape index (κ2) is 7.75. The summed E-state index contributed by atoms with van der Waals surface area (Å²) in [6, 6.07) is 1.95. The summed E-state index contributed by atoms with van der Waals surface area (Å²) in [6.45, 7) is 10.6. The van der Waals surface area contributed by atoms with Gasteiger partial charge in [-0.1, -0.05) is 25.6 Å². The van der Waals surface area contributed by atoms with Crippen molar-refractivity contribution >= 4 is 17.7 Å². The van der Waals surface area contributed by atoms with Gasteiger partial charge in [0.15, 0.2) is 5.16 Å². The molecule has 1 aromatic rings. The molecule has 5 nitrogen and oxygen atoms in total. The van der Waals surface area contributed by atoms with Gasteiger partial charge in [0.2, 0.25) is 0 Å². The minimum absolute atomic E-state index is 0.189. The van der Waals surface area contributed by atoms with Crippen LogP contribution in [0.2, 0.25) is 0 Å². The highest BCUT2D eigenvalue weighted by Gasteiger charge is 2.35. The fourth-order valence-corrected chi connectivity index (χ4v) is 3.56. The highest BCUT2D eigenvalue weighted by Crippen LogP contribution is 2.27. The molecule has 0 bridgehead atoms. The van der Waals surface area contributed by atoms with Gasteiger partial charge in [-0.25, -0.2) is 9.97 Å². The summed E-state index contributed by atoms with van der Waals surface area (Å²) in [4.78, 5) is 20.9. The molecule has 0 aliphatic rings. The molecular formula is C15H25N3O2S. The van der Waals surface area contributed by atoms with Gasteiger partial charge in [0.1, 0.15) is 5.54 Å². The topological polar surface area (TPSA) is 64.1 Å². The molecule has 0 amide bonds. The number of carbonyl (C=O) groups is 1. The molecule has 0 spiro atoms. The van der Waals surface area contributed by atoms with Crippen molar-refractivity contribution in [3.05, 3.63) is 17.5 Å². The maximum absolute atomic E-state index is 12.0. The quantitative estimate of drug-likeness (QED) is 0.474. The van der Waals surface area contributed by atoms with Crippen molar-refractivity contribution in [1.29, 1.82) is 0 Å². The van der Waals surface area contributed by atoms with Gasteiger partial charge in [-0.05, 0) is 39.8 Å². The first-order valence-corrected chi connectivity index (χ1v) is 8.01. The van der Waals surface area contributed by atoms with Crippen LogP contribution in [0.1, 0.15) is 38.6 Å². The number of likely N-dealkylation sites (N-methyl/N-ethyl adjacent to an activating group) is 1. The van der Waals surface area contributed by atoms with Crippen molar-refractivity contribution in [2.75, 3.05) is 13.7 Å². The molecular weight excluding hydrogens is 286 g/mol. The fraction of sp³-hybridized carbons (Fsp3) is 0.667. The standard InChI is InChI=1S/C15H25N3O2S/c1-7-16-15(5,13(19)20-6)9-12(4)21-14-17-10(2)8-11(3)18-14/h8,12,16H,7,9H2,1-6H3. The van der Waals surface area contributed by atoms with Crippen LogP contribution in [-0.2, 0) is 9.53 Å². The molecule has 0 radical (unpaired) electrons. The zero-order valence-electron chi connectivity index (χ0n) is 13.7. The third-order valence-electron chi connectivity index (χ3n) is 3.17. The average Bonchev–Trinajstić information content (AvgIpc) is 2.36. The lowest BCUT2D eigenvalue weighted by atomic mass is 9.96. The van der Waals surface area contributed by atoms with Gasteiger partial charge >= 0.3 is 5.97 Å². The Hall–Kier alpha value is -1.14. The number of hydrogen-bond donors (Lipinski definition) is 1. The van der Waals surface area contributed by atoms with Gasteiger partial charge in [-0.15, -0.1) is 0 Å². The van der Waals surface area contributed by atoms with Crippen molar-refractivity contribution in [3.8, 4) is 0 Å². The van der Waals surface area contributed by atoms with Crippen LogP contribution in [0.3, 0.4) is 0 Å². The fourth-order valence-electron chi connectivity index (χ4n) is 2.39. The van der Waals surface area contributed by atoms with E-state index in [0.29, 0.717) is 13.0 Å². The van der Waals surface area contributed by atoms with Crippen molar-refractivity contribution in [2.24, 2.45) is 0 Å². The maximum atomic E-state index is 12.0. The van der Waals surface area contributed by atoms with E-state index in [1.165, 1.54) is 7.11 Å². The number of hydrogen-bond acceptors (Lipinski definition) is 6. The molecule has 1 heterocycles. The average molecular weight is 311 g/mol. The van der Waals surface area contributed by atoms with E-state index >= 15 is 0 Å². The minimum atomic E-state index is -0.686. The molecule has 21 heavy (non-hydrogen) atoms. The highest BCUT2D eigenvalue weighted by atomic mass is 32.2. The third-order valence-corrected chi connectivity index (χ3v) is 4.13. The zero-order valence-corrected chi connectivity index (χ0v) is 14.5. The normalized spacial score (nSPS) is 15.3.